The summed E-state index contributed by atoms with van der Waals surface area (Å²) in [5.74, 6) is -0.412. The molecule has 1 saturated heterocycles. The summed E-state index contributed by atoms with van der Waals surface area (Å²) in [6.45, 7) is 4.23. The maximum atomic E-state index is 13.6. The average molecular weight is 612 g/mol. The molecule has 42 heavy (non-hydrogen) atoms. The second-order valence-electron chi connectivity index (χ2n) is 10.5. The number of benzene rings is 2. The predicted molar refractivity (Wildman–Crippen MR) is 148 cm³/mol. The van der Waals surface area contributed by atoms with Crippen molar-refractivity contribution >= 4 is 39.8 Å². The van der Waals surface area contributed by atoms with Crippen molar-refractivity contribution in [3.05, 3.63) is 69.8 Å². The molecule has 1 amide bonds. The van der Waals surface area contributed by atoms with Crippen LogP contribution in [-0.4, -0.2) is 62.1 Å². The number of amides is 1. The van der Waals surface area contributed by atoms with Gasteiger partial charge in [-0.05, 0) is 59.7 Å². The van der Waals surface area contributed by atoms with Crippen LogP contribution in [0.2, 0.25) is 0 Å². The zero-order valence-electron chi connectivity index (χ0n) is 22.5. The molecule has 2 aliphatic rings. The first-order valence-electron chi connectivity index (χ1n) is 13.1. The van der Waals surface area contributed by atoms with E-state index in [1.165, 1.54) is 22.6 Å². The maximum Gasteiger partial charge on any atom is 0.416 e. The minimum absolute atomic E-state index is 0.0688. The van der Waals surface area contributed by atoms with Crippen molar-refractivity contribution in [3.63, 3.8) is 0 Å². The summed E-state index contributed by atoms with van der Waals surface area (Å²) >= 11 is 1.21. The smallest absolute Gasteiger partial charge is 0.394 e. The minimum atomic E-state index is -4.98. The molecule has 14 heteroatoms. The number of alkyl halides is 6. The molecular weight excluding hydrogens is 584 g/mol. The number of aliphatic hydroxyl groups is 1. The second-order valence-corrected chi connectivity index (χ2v) is 11.5. The number of thioether (sulfide) groups is 1. The number of fused-ring (bicyclic) bond motifs is 1. The Hall–Kier alpha value is -3.36. The number of amidine groups is 1. The van der Waals surface area contributed by atoms with E-state index in [9.17, 15) is 36.2 Å². The van der Waals surface area contributed by atoms with E-state index in [0.29, 0.717) is 39.2 Å². The van der Waals surface area contributed by atoms with Crippen molar-refractivity contribution in [3.8, 4) is 0 Å². The van der Waals surface area contributed by atoms with E-state index in [1.807, 2.05) is 18.7 Å². The first kappa shape index (κ1) is 30.1. The van der Waals surface area contributed by atoms with Gasteiger partial charge >= 0.3 is 12.4 Å². The van der Waals surface area contributed by atoms with Gasteiger partial charge in [0.25, 0.3) is 5.91 Å². The van der Waals surface area contributed by atoms with Gasteiger partial charge < -0.3 is 15.3 Å². The summed E-state index contributed by atoms with van der Waals surface area (Å²) in [5.41, 5.74) is -1.99. The molecule has 0 unspecified atom stereocenters. The summed E-state index contributed by atoms with van der Waals surface area (Å²) in [6.07, 6.45) is -6.07. The third-order valence-corrected chi connectivity index (χ3v) is 8.10. The fourth-order valence-corrected chi connectivity index (χ4v) is 6.22. The molecule has 0 bridgehead atoms. The summed E-state index contributed by atoms with van der Waals surface area (Å²) < 4.78 is 81.2. The van der Waals surface area contributed by atoms with E-state index in [0.717, 1.165) is 12.5 Å². The fourth-order valence-electron chi connectivity index (χ4n) is 5.23. The first-order valence-corrected chi connectivity index (χ1v) is 13.9. The SMILES string of the molecule is CC(C)N[C@@H]1C[C@H](CO)N(C2=NC(=O)C(=Cc3ccc4c(cnn4Cc4ccc(C(F)(F)F)cc4C(F)(F)F)c3)S2)C1. The van der Waals surface area contributed by atoms with Gasteiger partial charge in [0.1, 0.15) is 0 Å². The van der Waals surface area contributed by atoms with Crippen LogP contribution in [0.3, 0.4) is 0 Å². The number of aromatic nitrogens is 2. The molecule has 7 nitrogen and oxygen atoms in total. The van der Waals surface area contributed by atoms with E-state index in [2.05, 4.69) is 15.4 Å². The fraction of sp³-hybridized carbons (Fsp3) is 0.393. The van der Waals surface area contributed by atoms with Gasteiger partial charge in [-0.1, -0.05) is 26.0 Å². The molecule has 1 aromatic heterocycles. The van der Waals surface area contributed by atoms with E-state index < -0.39 is 35.9 Å². The molecule has 5 rings (SSSR count). The highest BCUT2D eigenvalue weighted by molar-refractivity contribution is 8.18. The molecule has 3 heterocycles. The van der Waals surface area contributed by atoms with Crippen LogP contribution in [0.1, 0.15) is 42.5 Å². The molecule has 0 aliphatic carbocycles. The Morgan fingerprint density at radius 2 is 1.88 bits per heavy atom. The zero-order valence-corrected chi connectivity index (χ0v) is 23.3. The van der Waals surface area contributed by atoms with Gasteiger partial charge in [0.15, 0.2) is 5.17 Å². The highest BCUT2D eigenvalue weighted by Gasteiger charge is 2.39. The number of nitrogens with zero attached hydrogens (tertiary/aromatic N) is 4. The van der Waals surface area contributed by atoms with Crippen molar-refractivity contribution in [1.82, 2.24) is 20.0 Å². The Bertz CT molecular complexity index is 1560. The van der Waals surface area contributed by atoms with Crippen molar-refractivity contribution in [2.45, 2.75) is 57.3 Å². The monoisotopic (exact) mass is 611 g/mol. The van der Waals surface area contributed by atoms with E-state index in [-0.39, 0.29) is 36.4 Å². The van der Waals surface area contributed by atoms with Crippen LogP contribution in [0.15, 0.2) is 52.5 Å². The summed E-state index contributed by atoms with van der Waals surface area (Å²) in [6, 6.07) is 6.83. The summed E-state index contributed by atoms with van der Waals surface area (Å²) in [7, 11) is 0. The summed E-state index contributed by atoms with van der Waals surface area (Å²) in [4.78, 5) is 19.2. The number of carbonyl (C=O) groups excluding carboxylic acids is 1. The first-order chi connectivity index (χ1) is 19.7. The number of nitrogens with one attached hydrogen (secondary N) is 1. The number of hydrogen-bond donors (Lipinski definition) is 2. The molecule has 0 radical (unpaired) electrons. The third-order valence-electron chi connectivity index (χ3n) is 7.08. The molecule has 224 valence electrons. The van der Waals surface area contributed by atoms with Crippen molar-refractivity contribution in [2.24, 2.45) is 4.99 Å². The van der Waals surface area contributed by atoms with E-state index in [4.69, 9.17) is 0 Å². The summed E-state index contributed by atoms with van der Waals surface area (Å²) in [5, 5.41) is 18.6. The van der Waals surface area contributed by atoms with Crippen LogP contribution >= 0.6 is 11.8 Å². The number of carbonyl (C=O) groups is 1. The lowest BCUT2D eigenvalue weighted by molar-refractivity contribution is -0.143. The quantitative estimate of drug-likeness (QED) is 0.282. The van der Waals surface area contributed by atoms with Crippen LogP contribution < -0.4 is 5.32 Å². The lowest BCUT2D eigenvalue weighted by atomic mass is 10.0. The van der Waals surface area contributed by atoms with Crippen LogP contribution in [0.4, 0.5) is 26.3 Å². The second kappa shape index (κ2) is 11.4. The Labute approximate surface area is 241 Å². The van der Waals surface area contributed by atoms with Crippen molar-refractivity contribution in [2.75, 3.05) is 13.2 Å². The Balaban J connectivity index is 1.35. The lowest BCUT2D eigenvalue weighted by Crippen LogP contribution is -2.38. The Morgan fingerprint density at radius 1 is 1.12 bits per heavy atom. The standard InChI is InChI=1S/C28H27F6N5O2S/c1-15(2)36-20-10-21(14-40)38(13-20)26-37-25(41)24(42-26)8-16-3-6-23-18(7-16)11-35-39(23)12-17-4-5-19(27(29,30)31)9-22(17)28(32,33)34/h3-9,11,15,20-21,36,40H,10,12-14H2,1-2H3/t20-,21-/m1/s1. The number of aliphatic imine (C=N–C) groups is 1. The number of hydrogen-bond acceptors (Lipinski definition) is 6. The predicted octanol–water partition coefficient (Wildman–Crippen LogP) is 5.53. The van der Waals surface area contributed by atoms with Gasteiger partial charge in [0.2, 0.25) is 0 Å². The van der Waals surface area contributed by atoms with Gasteiger partial charge in [-0.25, -0.2) is 0 Å². The van der Waals surface area contributed by atoms with E-state index in [1.54, 1.807) is 24.3 Å². The van der Waals surface area contributed by atoms with Crippen LogP contribution in [0, 0.1) is 0 Å². The zero-order chi connectivity index (χ0) is 30.4. The molecule has 2 N–H and O–H groups in total. The molecule has 1 fully saturated rings. The van der Waals surface area contributed by atoms with Crippen LogP contribution in [0.5, 0.6) is 0 Å². The van der Waals surface area contributed by atoms with Gasteiger partial charge in [-0.2, -0.15) is 36.4 Å². The molecule has 0 saturated carbocycles. The number of halogens is 6. The van der Waals surface area contributed by atoms with E-state index >= 15 is 0 Å². The number of likely N-dealkylation sites (tertiary alicyclic amines) is 1. The van der Waals surface area contributed by atoms with Crippen LogP contribution in [-0.2, 0) is 23.7 Å². The minimum Gasteiger partial charge on any atom is -0.394 e. The van der Waals surface area contributed by atoms with Crippen molar-refractivity contribution in [1.29, 1.82) is 0 Å². The van der Waals surface area contributed by atoms with Gasteiger partial charge in [0, 0.05) is 24.0 Å². The lowest BCUT2D eigenvalue weighted by Gasteiger charge is -2.23. The van der Waals surface area contributed by atoms with Gasteiger partial charge in [-0.15, -0.1) is 0 Å². The maximum absolute atomic E-state index is 13.6. The molecule has 3 aromatic rings. The molecule has 2 aromatic carbocycles. The Morgan fingerprint density at radius 3 is 2.55 bits per heavy atom. The third kappa shape index (κ3) is 6.35. The molecule has 2 atom stereocenters. The highest BCUT2D eigenvalue weighted by Crippen LogP contribution is 2.38. The topological polar surface area (TPSA) is 82.8 Å². The average Bonchev–Trinajstić information content (AvgIpc) is 3.59. The van der Waals surface area contributed by atoms with Crippen LogP contribution in [0.25, 0.3) is 17.0 Å². The molecular formula is C28H27F6N5O2S. The number of rotatable bonds is 6. The highest BCUT2D eigenvalue weighted by atomic mass is 32.2. The van der Waals surface area contributed by atoms with Gasteiger partial charge in [-0.3, -0.25) is 9.48 Å². The normalized spacial score (nSPS) is 20.9. The Kier molecular flexibility index (Phi) is 8.16. The molecule has 2 aliphatic heterocycles. The van der Waals surface area contributed by atoms with Gasteiger partial charge in [0.05, 0.1) is 46.9 Å². The van der Waals surface area contributed by atoms with Crippen molar-refractivity contribution < 1.29 is 36.2 Å². The molecule has 0 spiro atoms. The number of aliphatic hydroxyl groups excluding tert-OH is 1. The largest absolute Gasteiger partial charge is 0.416 e.